The van der Waals surface area contributed by atoms with E-state index in [-0.39, 0.29) is 4.90 Å². The molecule has 0 spiro atoms. The van der Waals surface area contributed by atoms with Gasteiger partial charge in [-0.05, 0) is 49.2 Å². The number of hydrogen-bond donors (Lipinski definition) is 2. The summed E-state index contributed by atoms with van der Waals surface area (Å²) in [5, 5.41) is 0. The predicted octanol–water partition coefficient (Wildman–Crippen LogP) is 2.08. The molecule has 2 aromatic rings. The van der Waals surface area contributed by atoms with Crippen molar-refractivity contribution in [1.29, 1.82) is 0 Å². The SMILES string of the molecule is Cc1ccc(NS(=O)(=O)c2ccc(N)c(C)c2)nc1. The molecule has 6 heteroatoms. The summed E-state index contributed by atoms with van der Waals surface area (Å²) < 4.78 is 26.7. The van der Waals surface area contributed by atoms with Crippen LogP contribution in [-0.2, 0) is 10.0 Å². The van der Waals surface area contributed by atoms with Gasteiger partial charge in [0, 0.05) is 11.9 Å². The molecule has 1 heterocycles. The monoisotopic (exact) mass is 277 g/mol. The zero-order valence-electron chi connectivity index (χ0n) is 10.7. The van der Waals surface area contributed by atoms with Gasteiger partial charge in [0.2, 0.25) is 0 Å². The summed E-state index contributed by atoms with van der Waals surface area (Å²) in [7, 11) is -3.63. The molecular weight excluding hydrogens is 262 g/mol. The van der Waals surface area contributed by atoms with Crippen molar-refractivity contribution in [2.45, 2.75) is 18.7 Å². The van der Waals surface area contributed by atoms with Crippen molar-refractivity contribution in [2.75, 3.05) is 10.5 Å². The molecule has 0 amide bonds. The molecule has 0 unspecified atom stereocenters. The number of benzene rings is 1. The van der Waals surface area contributed by atoms with Crippen LogP contribution in [0.5, 0.6) is 0 Å². The fraction of sp³-hybridized carbons (Fsp3) is 0.154. The lowest BCUT2D eigenvalue weighted by Gasteiger charge is -2.09. The van der Waals surface area contributed by atoms with Gasteiger partial charge in [-0.1, -0.05) is 6.07 Å². The molecule has 19 heavy (non-hydrogen) atoms. The number of nitrogens with one attached hydrogen (secondary N) is 1. The minimum atomic E-state index is -3.63. The van der Waals surface area contributed by atoms with E-state index in [9.17, 15) is 8.42 Å². The molecule has 0 radical (unpaired) electrons. The number of nitrogen functional groups attached to an aromatic ring is 1. The fourth-order valence-electron chi connectivity index (χ4n) is 1.54. The van der Waals surface area contributed by atoms with Crippen molar-refractivity contribution in [2.24, 2.45) is 0 Å². The smallest absolute Gasteiger partial charge is 0.263 e. The summed E-state index contributed by atoms with van der Waals surface area (Å²) in [4.78, 5) is 4.18. The zero-order chi connectivity index (χ0) is 14.0. The Kier molecular flexibility index (Phi) is 3.44. The highest BCUT2D eigenvalue weighted by Gasteiger charge is 2.15. The van der Waals surface area contributed by atoms with Gasteiger partial charge < -0.3 is 5.73 Å². The summed E-state index contributed by atoms with van der Waals surface area (Å²) in [6.07, 6.45) is 1.60. The van der Waals surface area contributed by atoms with Crippen molar-refractivity contribution in [3.63, 3.8) is 0 Å². The number of anilines is 2. The molecule has 2 rings (SSSR count). The largest absolute Gasteiger partial charge is 0.399 e. The van der Waals surface area contributed by atoms with E-state index >= 15 is 0 Å². The van der Waals surface area contributed by atoms with Crippen molar-refractivity contribution in [1.82, 2.24) is 4.98 Å². The van der Waals surface area contributed by atoms with Gasteiger partial charge in [0.1, 0.15) is 5.82 Å². The van der Waals surface area contributed by atoms with Crippen molar-refractivity contribution >= 4 is 21.5 Å². The second-order valence-corrected chi connectivity index (χ2v) is 6.03. The molecule has 3 N–H and O–H groups in total. The van der Waals surface area contributed by atoms with E-state index in [1.165, 1.54) is 12.1 Å². The minimum Gasteiger partial charge on any atom is -0.399 e. The van der Waals surface area contributed by atoms with Crippen LogP contribution in [0.15, 0.2) is 41.4 Å². The molecule has 0 fully saturated rings. The molecule has 0 bridgehead atoms. The van der Waals surface area contributed by atoms with Crippen LogP contribution in [0.3, 0.4) is 0 Å². The number of aromatic nitrogens is 1. The van der Waals surface area contributed by atoms with E-state index in [0.29, 0.717) is 11.5 Å². The first kappa shape index (κ1) is 13.4. The van der Waals surface area contributed by atoms with Crippen LogP contribution in [0, 0.1) is 13.8 Å². The quantitative estimate of drug-likeness (QED) is 0.841. The first-order valence-electron chi connectivity index (χ1n) is 5.70. The molecule has 0 atom stereocenters. The summed E-state index contributed by atoms with van der Waals surface area (Å²) in [6, 6.07) is 7.99. The van der Waals surface area contributed by atoms with E-state index in [1.54, 1.807) is 31.3 Å². The average molecular weight is 277 g/mol. The zero-order valence-corrected chi connectivity index (χ0v) is 11.5. The van der Waals surface area contributed by atoms with Gasteiger partial charge in [0.15, 0.2) is 0 Å². The Labute approximate surface area is 112 Å². The molecule has 0 aliphatic rings. The number of pyridine rings is 1. The normalized spacial score (nSPS) is 11.3. The summed E-state index contributed by atoms with van der Waals surface area (Å²) in [6.45, 7) is 3.65. The Morgan fingerprint density at radius 3 is 2.47 bits per heavy atom. The Bertz CT molecular complexity index is 694. The number of sulfonamides is 1. The molecule has 0 saturated heterocycles. The van der Waals surface area contributed by atoms with Crippen molar-refractivity contribution in [3.8, 4) is 0 Å². The maximum atomic E-state index is 12.2. The molecule has 1 aromatic carbocycles. The van der Waals surface area contributed by atoms with Crippen LogP contribution in [0.1, 0.15) is 11.1 Å². The van der Waals surface area contributed by atoms with Gasteiger partial charge in [-0.3, -0.25) is 4.72 Å². The lowest BCUT2D eigenvalue weighted by Crippen LogP contribution is -2.14. The highest BCUT2D eigenvalue weighted by molar-refractivity contribution is 7.92. The maximum Gasteiger partial charge on any atom is 0.263 e. The topological polar surface area (TPSA) is 85.1 Å². The molecule has 1 aromatic heterocycles. The van der Waals surface area contributed by atoms with Crippen LogP contribution < -0.4 is 10.5 Å². The Balaban J connectivity index is 2.32. The molecular formula is C13H15N3O2S. The van der Waals surface area contributed by atoms with E-state index < -0.39 is 10.0 Å². The Morgan fingerprint density at radius 2 is 1.89 bits per heavy atom. The summed E-state index contributed by atoms with van der Waals surface area (Å²) in [5.74, 6) is 0.292. The van der Waals surface area contributed by atoms with Crippen LogP contribution in [0.25, 0.3) is 0 Å². The lowest BCUT2D eigenvalue weighted by molar-refractivity contribution is 0.601. The van der Waals surface area contributed by atoms with Crippen LogP contribution in [0.2, 0.25) is 0 Å². The van der Waals surface area contributed by atoms with E-state index in [0.717, 1.165) is 11.1 Å². The molecule has 0 saturated carbocycles. The number of hydrogen-bond acceptors (Lipinski definition) is 4. The van der Waals surface area contributed by atoms with Crippen molar-refractivity contribution in [3.05, 3.63) is 47.7 Å². The number of aryl methyl sites for hydroxylation is 2. The van der Waals surface area contributed by atoms with Crippen molar-refractivity contribution < 1.29 is 8.42 Å². The minimum absolute atomic E-state index is 0.168. The van der Waals surface area contributed by atoms with Gasteiger partial charge in [0.05, 0.1) is 4.90 Å². The molecule has 0 aliphatic carbocycles. The average Bonchev–Trinajstić information content (AvgIpc) is 2.35. The highest BCUT2D eigenvalue weighted by Crippen LogP contribution is 2.19. The van der Waals surface area contributed by atoms with Gasteiger partial charge >= 0.3 is 0 Å². The van der Waals surface area contributed by atoms with Crippen LogP contribution in [0.4, 0.5) is 11.5 Å². The van der Waals surface area contributed by atoms with Gasteiger partial charge in [-0.25, -0.2) is 13.4 Å². The van der Waals surface area contributed by atoms with Gasteiger partial charge in [-0.2, -0.15) is 0 Å². The molecule has 0 aliphatic heterocycles. The van der Waals surface area contributed by atoms with E-state index in [1.807, 2.05) is 6.92 Å². The number of rotatable bonds is 3. The van der Waals surface area contributed by atoms with E-state index in [4.69, 9.17) is 5.73 Å². The first-order valence-corrected chi connectivity index (χ1v) is 7.18. The Hall–Kier alpha value is -2.08. The van der Waals surface area contributed by atoms with E-state index in [2.05, 4.69) is 9.71 Å². The van der Waals surface area contributed by atoms with Gasteiger partial charge in [0.25, 0.3) is 10.0 Å². The third kappa shape index (κ3) is 3.03. The number of nitrogens with zero attached hydrogens (tertiary/aromatic N) is 1. The fourth-order valence-corrected chi connectivity index (χ4v) is 2.63. The maximum absolute atomic E-state index is 12.2. The van der Waals surface area contributed by atoms with Crippen LogP contribution >= 0.6 is 0 Å². The third-order valence-electron chi connectivity index (χ3n) is 2.70. The highest BCUT2D eigenvalue weighted by atomic mass is 32.2. The second kappa shape index (κ2) is 4.89. The molecule has 100 valence electrons. The van der Waals surface area contributed by atoms with Crippen LogP contribution in [-0.4, -0.2) is 13.4 Å². The summed E-state index contributed by atoms with van der Waals surface area (Å²) in [5.41, 5.74) is 7.92. The standard InChI is InChI=1S/C13H15N3O2S/c1-9-3-6-13(15-8-9)16-19(17,18)11-4-5-12(14)10(2)7-11/h3-8H,14H2,1-2H3,(H,15,16). The molecule has 5 nitrogen and oxygen atoms in total. The van der Waals surface area contributed by atoms with Gasteiger partial charge in [-0.15, -0.1) is 0 Å². The first-order chi connectivity index (χ1) is 8.88. The Morgan fingerprint density at radius 1 is 1.16 bits per heavy atom. The number of nitrogens with two attached hydrogens (primary N) is 1. The second-order valence-electron chi connectivity index (χ2n) is 4.34. The predicted molar refractivity (Wildman–Crippen MR) is 75.4 cm³/mol. The lowest BCUT2D eigenvalue weighted by atomic mass is 10.2. The third-order valence-corrected chi connectivity index (χ3v) is 4.05. The summed E-state index contributed by atoms with van der Waals surface area (Å²) >= 11 is 0.